The number of aromatic amines is 2. The lowest BCUT2D eigenvalue weighted by molar-refractivity contribution is 0.101. The second-order valence-electron chi connectivity index (χ2n) is 8.70. The molecule has 0 amide bonds. The molecule has 5 rings (SSSR count). The highest BCUT2D eigenvalue weighted by molar-refractivity contribution is 6.01. The zero-order valence-corrected chi connectivity index (χ0v) is 19.7. The Bertz CT molecular complexity index is 1340. The maximum Gasteiger partial charge on any atom is 0.225 e. The lowest BCUT2D eigenvalue weighted by Crippen LogP contribution is -2.49. The number of H-pyrrole nitrogens is 2. The first-order chi connectivity index (χ1) is 17.5. The van der Waals surface area contributed by atoms with E-state index in [1.807, 2.05) is 18.5 Å². The SMILES string of the molecule is C[C@@](O)(c1ccc(F)cc1)c1cnc(N2CCN(/C(=N/C=N)c3cc(-c4cn[nH]c4)c[nH]3)CC2)nc1. The van der Waals surface area contributed by atoms with Crippen LogP contribution < -0.4 is 4.90 Å². The van der Waals surface area contributed by atoms with E-state index in [0.29, 0.717) is 49.1 Å². The highest BCUT2D eigenvalue weighted by Gasteiger charge is 2.28. The van der Waals surface area contributed by atoms with E-state index >= 15 is 0 Å². The van der Waals surface area contributed by atoms with Crippen LogP contribution in [0, 0.1) is 11.2 Å². The predicted molar refractivity (Wildman–Crippen MR) is 135 cm³/mol. The van der Waals surface area contributed by atoms with Gasteiger partial charge in [-0.25, -0.2) is 19.4 Å². The molecule has 184 valence electrons. The van der Waals surface area contributed by atoms with Gasteiger partial charge in [0.1, 0.15) is 17.8 Å². The first-order valence-corrected chi connectivity index (χ1v) is 11.5. The highest BCUT2D eigenvalue weighted by Crippen LogP contribution is 2.29. The topological polar surface area (TPSA) is 133 Å². The maximum absolute atomic E-state index is 13.3. The van der Waals surface area contributed by atoms with Crippen LogP contribution in [0.2, 0.25) is 0 Å². The van der Waals surface area contributed by atoms with Gasteiger partial charge in [-0.1, -0.05) is 12.1 Å². The summed E-state index contributed by atoms with van der Waals surface area (Å²) in [5.74, 6) is 0.913. The van der Waals surface area contributed by atoms with Gasteiger partial charge >= 0.3 is 0 Å². The van der Waals surface area contributed by atoms with Crippen molar-refractivity contribution in [2.45, 2.75) is 12.5 Å². The number of rotatable bonds is 6. The van der Waals surface area contributed by atoms with Gasteiger partial charge < -0.3 is 19.9 Å². The lowest BCUT2D eigenvalue weighted by atomic mass is 9.90. The van der Waals surface area contributed by atoms with Gasteiger partial charge in [-0.15, -0.1) is 0 Å². The summed E-state index contributed by atoms with van der Waals surface area (Å²) in [5, 5.41) is 25.3. The standard InChI is InChI=1S/C25H26FN9O/c1-25(36,19-2-4-21(26)5-3-19)20-14-29-24(30-15-20)35-8-6-34(7-9-35)23(31-16-27)22-10-17(11-28-22)18-12-32-33-13-18/h2-5,10-16,27-28,36H,6-9H2,1H3,(H,32,33)/b27-16?,31-23+/t25-/m1/s1. The monoisotopic (exact) mass is 487 g/mol. The second-order valence-corrected chi connectivity index (χ2v) is 8.70. The van der Waals surface area contributed by atoms with Crippen molar-refractivity contribution in [2.75, 3.05) is 31.1 Å². The van der Waals surface area contributed by atoms with Crippen LogP contribution in [0.4, 0.5) is 10.3 Å². The van der Waals surface area contributed by atoms with Gasteiger partial charge in [0, 0.05) is 67.7 Å². The molecular formula is C25H26FN9O. The van der Waals surface area contributed by atoms with Crippen LogP contribution in [0.15, 0.2) is 66.3 Å². The average Bonchev–Trinajstić information content (AvgIpc) is 3.60. The van der Waals surface area contributed by atoms with Crippen LogP contribution in [-0.4, -0.2) is 73.5 Å². The minimum Gasteiger partial charge on any atom is -0.381 e. The van der Waals surface area contributed by atoms with Crippen molar-refractivity contribution in [3.8, 4) is 11.1 Å². The van der Waals surface area contributed by atoms with Crippen molar-refractivity contribution in [1.29, 1.82) is 5.41 Å². The van der Waals surface area contributed by atoms with E-state index in [-0.39, 0.29) is 5.82 Å². The fourth-order valence-electron chi connectivity index (χ4n) is 4.28. The molecule has 1 aromatic carbocycles. The number of piperazine rings is 1. The van der Waals surface area contributed by atoms with Crippen molar-refractivity contribution in [2.24, 2.45) is 4.99 Å². The summed E-state index contributed by atoms with van der Waals surface area (Å²) in [7, 11) is 0. The molecule has 0 spiro atoms. The maximum atomic E-state index is 13.3. The summed E-state index contributed by atoms with van der Waals surface area (Å²) in [4.78, 5) is 20.7. The number of nitrogens with zero attached hydrogens (tertiary/aromatic N) is 6. The third kappa shape index (κ3) is 4.60. The van der Waals surface area contributed by atoms with Gasteiger partial charge in [-0.2, -0.15) is 5.10 Å². The Hall–Kier alpha value is -4.38. The third-order valence-corrected chi connectivity index (χ3v) is 6.41. The van der Waals surface area contributed by atoms with Crippen LogP contribution in [0.3, 0.4) is 0 Å². The number of hydrogen-bond acceptors (Lipinski definition) is 6. The Kier molecular flexibility index (Phi) is 6.30. The molecule has 36 heavy (non-hydrogen) atoms. The Morgan fingerprint density at radius 1 is 1.06 bits per heavy atom. The molecule has 4 heterocycles. The number of benzene rings is 1. The zero-order chi connectivity index (χ0) is 25.1. The minimum absolute atomic E-state index is 0.358. The molecule has 0 aliphatic carbocycles. The summed E-state index contributed by atoms with van der Waals surface area (Å²) in [6, 6.07) is 7.74. The highest BCUT2D eigenvalue weighted by atomic mass is 19.1. The van der Waals surface area contributed by atoms with E-state index in [1.54, 1.807) is 37.6 Å². The van der Waals surface area contributed by atoms with Crippen molar-refractivity contribution in [1.82, 2.24) is 30.0 Å². The van der Waals surface area contributed by atoms with Gasteiger partial charge in [0.25, 0.3) is 0 Å². The molecule has 1 aliphatic heterocycles. The molecule has 0 bridgehead atoms. The normalized spacial score (nSPS) is 16.1. The van der Waals surface area contributed by atoms with Crippen molar-refractivity contribution < 1.29 is 9.50 Å². The Balaban J connectivity index is 1.26. The van der Waals surface area contributed by atoms with E-state index in [0.717, 1.165) is 23.2 Å². The molecule has 4 N–H and O–H groups in total. The summed E-state index contributed by atoms with van der Waals surface area (Å²) in [6.45, 7) is 4.32. The van der Waals surface area contributed by atoms with E-state index < -0.39 is 5.60 Å². The molecule has 0 saturated carbocycles. The number of halogens is 1. The van der Waals surface area contributed by atoms with E-state index in [2.05, 4.69) is 39.9 Å². The number of aliphatic imine (C=N–C) groups is 1. The van der Waals surface area contributed by atoms with Crippen molar-refractivity contribution in [3.63, 3.8) is 0 Å². The first-order valence-electron chi connectivity index (χ1n) is 11.5. The van der Waals surface area contributed by atoms with Gasteiger partial charge in [0.15, 0.2) is 5.84 Å². The Labute approximate surface area is 207 Å². The van der Waals surface area contributed by atoms with E-state index in [1.165, 1.54) is 12.1 Å². The molecule has 0 unspecified atom stereocenters. The number of anilines is 1. The first kappa shape index (κ1) is 23.4. The molecule has 10 nitrogen and oxygen atoms in total. The summed E-state index contributed by atoms with van der Waals surface area (Å²) in [6.07, 6.45) is 9.74. The van der Waals surface area contributed by atoms with Gasteiger partial charge in [-0.05, 0) is 30.7 Å². The van der Waals surface area contributed by atoms with E-state index in [4.69, 9.17) is 5.41 Å². The molecule has 1 fully saturated rings. The fourth-order valence-corrected chi connectivity index (χ4v) is 4.28. The van der Waals surface area contributed by atoms with Crippen LogP contribution in [0.5, 0.6) is 0 Å². The molecule has 1 aliphatic rings. The zero-order valence-electron chi connectivity index (χ0n) is 19.7. The van der Waals surface area contributed by atoms with Gasteiger partial charge in [0.05, 0.1) is 11.9 Å². The van der Waals surface area contributed by atoms with Gasteiger partial charge in [0.2, 0.25) is 5.95 Å². The molecule has 4 aromatic rings. The number of aliphatic hydroxyl groups is 1. The molecule has 1 saturated heterocycles. The number of nitrogens with one attached hydrogen (secondary N) is 3. The predicted octanol–water partition coefficient (Wildman–Crippen LogP) is 2.77. The molecule has 0 radical (unpaired) electrons. The van der Waals surface area contributed by atoms with Crippen LogP contribution >= 0.6 is 0 Å². The Morgan fingerprint density at radius 2 is 1.78 bits per heavy atom. The van der Waals surface area contributed by atoms with Crippen molar-refractivity contribution in [3.05, 3.63) is 84.0 Å². The number of hydrogen-bond donors (Lipinski definition) is 4. The molecule has 3 aromatic heterocycles. The molecule has 11 heteroatoms. The van der Waals surface area contributed by atoms with Crippen LogP contribution in [0.1, 0.15) is 23.7 Å². The van der Waals surface area contributed by atoms with Crippen LogP contribution in [0.25, 0.3) is 11.1 Å². The van der Waals surface area contributed by atoms with Crippen molar-refractivity contribution >= 4 is 18.1 Å². The Morgan fingerprint density at radius 3 is 2.42 bits per heavy atom. The third-order valence-electron chi connectivity index (χ3n) is 6.41. The second kappa shape index (κ2) is 9.70. The lowest BCUT2D eigenvalue weighted by Gasteiger charge is -2.36. The van der Waals surface area contributed by atoms with Gasteiger partial charge in [-0.3, -0.25) is 10.5 Å². The average molecular weight is 488 g/mol. The largest absolute Gasteiger partial charge is 0.381 e. The van der Waals surface area contributed by atoms with E-state index in [9.17, 15) is 9.50 Å². The smallest absolute Gasteiger partial charge is 0.225 e. The minimum atomic E-state index is -1.34. The fraction of sp³-hybridized carbons (Fsp3) is 0.240. The number of amidine groups is 1. The molecule has 1 atom stereocenters. The number of aromatic nitrogens is 5. The quantitative estimate of drug-likeness (QED) is 0.244. The summed E-state index contributed by atoms with van der Waals surface area (Å²) in [5.41, 5.74) is 2.53. The molecular weight excluding hydrogens is 461 g/mol. The van der Waals surface area contributed by atoms with Crippen LogP contribution in [-0.2, 0) is 5.60 Å². The summed E-state index contributed by atoms with van der Waals surface area (Å²) >= 11 is 0. The summed E-state index contributed by atoms with van der Waals surface area (Å²) < 4.78 is 13.3.